The second-order valence-corrected chi connectivity index (χ2v) is 6.65. The zero-order valence-electron chi connectivity index (χ0n) is 16.0. The Labute approximate surface area is 160 Å². The van der Waals surface area contributed by atoms with Crippen molar-refractivity contribution in [3.63, 3.8) is 0 Å². The van der Waals surface area contributed by atoms with Crippen molar-refractivity contribution in [3.05, 3.63) is 67.0 Å². The van der Waals surface area contributed by atoms with Crippen LogP contribution in [0.5, 0.6) is 0 Å². The molecule has 1 aliphatic heterocycles. The lowest BCUT2D eigenvalue weighted by Crippen LogP contribution is -2.37. The number of nitrogens with zero attached hydrogens (tertiary/aromatic N) is 2. The third-order valence-corrected chi connectivity index (χ3v) is 4.40. The fourth-order valence-electron chi connectivity index (χ4n) is 2.90. The zero-order valence-corrected chi connectivity index (χ0v) is 16.0. The number of likely N-dealkylation sites (tertiary alicyclic amines) is 1. The summed E-state index contributed by atoms with van der Waals surface area (Å²) in [4.78, 5) is 6.76. The fourth-order valence-corrected chi connectivity index (χ4v) is 2.90. The van der Waals surface area contributed by atoms with Crippen molar-refractivity contribution in [1.29, 1.82) is 0 Å². The average molecular weight is 374 g/mol. The molecule has 0 aromatic heterocycles. The van der Waals surface area contributed by atoms with Crippen LogP contribution in [-0.2, 0) is 5.92 Å². The van der Waals surface area contributed by atoms with Gasteiger partial charge >= 0.3 is 0 Å². The lowest BCUT2D eigenvalue weighted by Gasteiger charge is -2.22. The molecular formula is C21H28F2N4. The first kappa shape index (κ1) is 20.7. The highest BCUT2D eigenvalue weighted by atomic mass is 19.3. The number of anilines is 1. The van der Waals surface area contributed by atoms with E-state index in [1.807, 2.05) is 13.0 Å². The van der Waals surface area contributed by atoms with Gasteiger partial charge in [-0.3, -0.25) is 0 Å². The van der Waals surface area contributed by atoms with Gasteiger partial charge in [0.25, 0.3) is 5.92 Å². The first-order valence-electron chi connectivity index (χ1n) is 9.06. The van der Waals surface area contributed by atoms with E-state index in [1.54, 1.807) is 24.4 Å². The Morgan fingerprint density at radius 1 is 1.37 bits per heavy atom. The second-order valence-electron chi connectivity index (χ2n) is 6.65. The molecule has 1 fully saturated rings. The van der Waals surface area contributed by atoms with E-state index in [4.69, 9.17) is 0 Å². The van der Waals surface area contributed by atoms with Crippen LogP contribution >= 0.6 is 0 Å². The number of hydrogen-bond acceptors (Lipinski definition) is 3. The van der Waals surface area contributed by atoms with E-state index in [-0.39, 0.29) is 5.56 Å². The van der Waals surface area contributed by atoms with Gasteiger partial charge in [-0.1, -0.05) is 31.4 Å². The van der Waals surface area contributed by atoms with Crippen LogP contribution < -0.4 is 10.6 Å². The molecule has 1 aromatic carbocycles. The molecule has 27 heavy (non-hydrogen) atoms. The summed E-state index contributed by atoms with van der Waals surface area (Å²) in [5.74, 6) is -1.92. The molecule has 0 spiro atoms. The number of hydrogen-bond donors (Lipinski definition) is 2. The molecule has 2 rings (SSSR count). The average Bonchev–Trinajstić information content (AvgIpc) is 3.09. The normalized spacial score (nSPS) is 18.0. The Morgan fingerprint density at radius 3 is 2.67 bits per heavy atom. The molecule has 0 aliphatic carbocycles. The van der Waals surface area contributed by atoms with Crippen molar-refractivity contribution < 1.29 is 8.78 Å². The van der Waals surface area contributed by atoms with E-state index < -0.39 is 5.92 Å². The van der Waals surface area contributed by atoms with Crippen molar-refractivity contribution in [2.24, 2.45) is 4.99 Å². The van der Waals surface area contributed by atoms with Crippen LogP contribution in [0, 0.1) is 0 Å². The molecule has 1 atom stereocenters. The van der Waals surface area contributed by atoms with Gasteiger partial charge in [-0.2, -0.15) is 0 Å². The van der Waals surface area contributed by atoms with Crippen LogP contribution in [0.4, 0.5) is 14.5 Å². The Morgan fingerprint density at radius 2 is 2.07 bits per heavy atom. The van der Waals surface area contributed by atoms with Gasteiger partial charge in [-0.15, -0.1) is 0 Å². The number of alkyl halides is 2. The van der Waals surface area contributed by atoms with E-state index in [0.717, 1.165) is 43.7 Å². The van der Waals surface area contributed by atoms with Gasteiger partial charge in [0, 0.05) is 49.2 Å². The summed E-state index contributed by atoms with van der Waals surface area (Å²) in [5, 5.41) is 6.62. The molecule has 1 saturated heterocycles. The molecule has 1 aromatic rings. The largest absolute Gasteiger partial charge is 0.381 e. The fraction of sp³-hybridized carbons (Fsp3) is 0.381. The van der Waals surface area contributed by atoms with Crippen LogP contribution in [0.25, 0.3) is 0 Å². The number of aliphatic imine (C=N–C) groups is 1. The van der Waals surface area contributed by atoms with Crippen LogP contribution in [0.1, 0.15) is 25.8 Å². The molecule has 2 N–H and O–H groups in total. The van der Waals surface area contributed by atoms with Crippen LogP contribution in [-0.4, -0.2) is 36.4 Å². The van der Waals surface area contributed by atoms with Crippen molar-refractivity contribution in [2.45, 2.75) is 32.2 Å². The topological polar surface area (TPSA) is 39.7 Å². The van der Waals surface area contributed by atoms with Gasteiger partial charge in [0.2, 0.25) is 0 Å². The van der Waals surface area contributed by atoms with Crippen molar-refractivity contribution >= 4 is 11.5 Å². The van der Waals surface area contributed by atoms with E-state index in [9.17, 15) is 8.78 Å². The Bertz CT molecular complexity index is 702. The third-order valence-electron chi connectivity index (χ3n) is 4.40. The summed E-state index contributed by atoms with van der Waals surface area (Å²) in [7, 11) is 0. The van der Waals surface area contributed by atoms with E-state index in [0.29, 0.717) is 12.6 Å². The maximum absolute atomic E-state index is 13.3. The maximum atomic E-state index is 13.3. The summed E-state index contributed by atoms with van der Waals surface area (Å²) in [6, 6.07) is 6.53. The highest BCUT2D eigenvalue weighted by Gasteiger charge is 2.25. The highest BCUT2D eigenvalue weighted by Crippen LogP contribution is 2.27. The molecule has 146 valence electrons. The molecule has 1 unspecified atom stereocenters. The van der Waals surface area contributed by atoms with Crippen LogP contribution in [0.2, 0.25) is 0 Å². The van der Waals surface area contributed by atoms with Crippen LogP contribution in [0.15, 0.2) is 66.5 Å². The second kappa shape index (κ2) is 9.35. The van der Waals surface area contributed by atoms with Gasteiger partial charge in [0.15, 0.2) is 0 Å². The Balaban J connectivity index is 1.99. The number of rotatable bonds is 8. The third kappa shape index (κ3) is 6.24. The minimum Gasteiger partial charge on any atom is -0.381 e. The molecule has 4 nitrogen and oxygen atoms in total. The van der Waals surface area contributed by atoms with Gasteiger partial charge in [-0.25, -0.2) is 13.8 Å². The summed E-state index contributed by atoms with van der Waals surface area (Å²) < 4.78 is 26.6. The van der Waals surface area contributed by atoms with Gasteiger partial charge in [0.1, 0.15) is 5.84 Å². The number of allylic oxidation sites excluding steroid dienone is 2. The van der Waals surface area contributed by atoms with Crippen molar-refractivity contribution in [2.75, 3.05) is 25.0 Å². The first-order chi connectivity index (χ1) is 12.8. The number of benzene rings is 1. The maximum Gasteiger partial charge on any atom is 0.270 e. The number of halogens is 2. The summed E-state index contributed by atoms with van der Waals surface area (Å²) >= 11 is 0. The monoisotopic (exact) mass is 374 g/mol. The molecule has 0 saturated carbocycles. The van der Waals surface area contributed by atoms with Crippen LogP contribution in [0.3, 0.4) is 0 Å². The van der Waals surface area contributed by atoms with Crippen molar-refractivity contribution in [1.82, 2.24) is 10.2 Å². The first-order valence-corrected chi connectivity index (χ1v) is 9.06. The number of nitrogens with one attached hydrogen (secondary N) is 2. The molecule has 0 amide bonds. The van der Waals surface area contributed by atoms with E-state index in [2.05, 4.69) is 33.7 Å². The molecule has 0 bridgehead atoms. The van der Waals surface area contributed by atoms with E-state index in [1.165, 1.54) is 12.1 Å². The summed E-state index contributed by atoms with van der Waals surface area (Å²) in [6.07, 6.45) is 6.34. The van der Waals surface area contributed by atoms with Gasteiger partial charge < -0.3 is 15.5 Å². The molecule has 1 heterocycles. The quantitative estimate of drug-likeness (QED) is 0.400. The lowest BCUT2D eigenvalue weighted by atomic mass is 10.1. The predicted molar refractivity (Wildman–Crippen MR) is 109 cm³/mol. The van der Waals surface area contributed by atoms with Gasteiger partial charge in [0.05, 0.1) is 6.54 Å². The SMILES string of the molecule is C=CC(=C)NC1CCN(/C(CNc2ccc(C(C)(F)F)cc2)=N/C=C\C)C1. The zero-order chi connectivity index (χ0) is 19.9. The minimum atomic E-state index is -2.83. The molecule has 1 aliphatic rings. The minimum absolute atomic E-state index is 0.00626. The lowest BCUT2D eigenvalue weighted by molar-refractivity contribution is 0.0175. The van der Waals surface area contributed by atoms with Gasteiger partial charge in [-0.05, 0) is 31.6 Å². The summed E-state index contributed by atoms with van der Waals surface area (Å²) in [6.45, 7) is 12.7. The predicted octanol–water partition coefficient (Wildman–Crippen LogP) is 4.51. The molecule has 6 heteroatoms. The number of amidine groups is 1. The van der Waals surface area contributed by atoms with Crippen molar-refractivity contribution in [3.8, 4) is 0 Å². The van der Waals surface area contributed by atoms with E-state index >= 15 is 0 Å². The molecule has 0 radical (unpaired) electrons. The smallest absolute Gasteiger partial charge is 0.270 e. The Kier molecular flexibility index (Phi) is 7.16. The standard InChI is InChI=1S/C21H28F2N4/c1-5-12-24-20(27-13-11-19(15-27)26-16(3)6-2)14-25-18-9-7-17(8-10-18)21(4,22)23/h5-10,12,19,25-26H,2-3,11,13-15H2,1,4H3/b12-5-,24-20+. The Hall–Kier alpha value is -2.63. The highest BCUT2D eigenvalue weighted by molar-refractivity contribution is 5.87. The summed E-state index contributed by atoms with van der Waals surface area (Å²) in [5.41, 5.74) is 1.61. The molecular weight excluding hydrogens is 346 g/mol.